The van der Waals surface area contributed by atoms with Crippen molar-refractivity contribution in [1.82, 2.24) is 5.32 Å². The van der Waals surface area contributed by atoms with Crippen LogP contribution in [0.4, 0.5) is 4.39 Å². The maximum Gasteiger partial charge on any atom is 0.224 e. The van der Waals surface area contributed by atoms with Gasteiger partial charge in [-0.2, -0.15) is 0 Å². The summed E-state index contributed by atoms with van der Waals surface area (Å²) in [7, 11) is 3.16. The van der Waals surface area contributed by atoms with Crippen molar-refractivity contribution in [2.24, 2.45) is 0 Å². The van der Waals surface area contributed by atoms with Gasteiger partial charge in [-0.15, -0.1) is 0 Å². The summed E-state index contributed by atoms with van der Waals surface area (Å²) < 4.78 is 23.8. The summed E-state index contributed by atoms with van der Waals surface area (Å²) in [4.78, 5) is 12.5. The summed E-state index contributed by atoms with van der Waals surface area (Å²) in [5.41, 5.74) is 1.88. The Kier molecular flexibility index (Phi) is 5.99. The quantitative estimate of drug-likeness (QED) is 0.800. The van der Waals surface area contributed by atoms with Gasteiger partial charge in [-0.05, 0) is 48.2 Å². The molecule has 0 saturated heterocycles. The maximum absolute atomic E-state index is 13.3. The Bertz CT molecular complexity index is 783. The standard InChI is InChI=1S/C22H26FNO3/c1-26-19-10-5-16(13-20(19)27-2)14-21(25)24-15-22(11-3-4-12-22)17-6-8-18(23)9-7-17/h5-10,13H,3-4,11-12,14-15H2,1-2H3,(H,24,25). The summed E-state index contributed by atoms with van der Waals surface area (Å²) in [5.74, 6) is 0.990. The molecule has 0 unspecified atom stereocenters. The summed E-state index contributed by atoms with van der Waals surface area (Å²) in [6, 6.07) is 12.2. The van der Waals surface area contributed by atoms with Gasteiger partial charge >= 0.3 is 0 Å². The Morgan fingerprint density at radius 2 is 1.70 bits per heavy atom. The Hall–Kier alpha value is -2.56. The number of carbonyl (C=O) groups excluding carboxylic acids is 1. The summed E-state index contributed by atoms with van der Waals surface area (Å²) >= 11 is 0. The fraction of sp³-hybridized carbons (Fsp3) is 0.409. The molecule has 3 rings (SSSR count). The molecule has 4 nitrogen and oxygen atoms in total. The number of nitrogens with one attached hydrogen (secondary N) is 1. The van der Waals surface area contributed by atoms with Crippen molar-refractivity contribution in [3.8, 4) is 11.5 Å². The molecule has 0 bridgehead atoms. The van der Waals surface area contributed by atoms with Crippen molar-refractivity contribution in [3.63, 3.8) is 0 Å². The molecule has 0 heterocycles. The Morgan fingerprint density at radius 1 is 1.04 bits per heavy atom. The van der Waals surface area contributed by atoms with Gasteiger partial charge in [0, 0.05) is 12.0 Å². The van der Waals surface area contributed by atoms with Gasteiger partial charge in [0.2, 0.25) is 5.91 Å². The molecule has 0 aliphatic heterocycles. The molecule has 0 radical (unpaired) electrons. The summed E-state index contributed by atoms with van der Waals surface area (Å²) in [6.07, 6.45) is 4.55. The van der Waals surface area contributed by atoms with Gasteiger partial charge in [-0.3, -0.25) is 4.79 Å². The molecule has 1 N–H and O–H groups in total. The van der Waals surface area contributed by atoms with Gasteiger partial charge in [-0.1, -0.05) is 31.0 Å². The molecule has 0 aromatic heterocycles. The number of hydrogen-bond acceptors (Lipinski definition) is 3. The number of halogens is 1. The number of hydrogen-bond donors (Lipinski definition) is 1. The first kappa shape index (κ1) is 19.2. The second kappa shape index (κ2) is 8.42. The largest absolute Gasteiger partial charge is 0.493 e. The highest BCUT2D eigenvalue weighted by Crippen LogP contribution is 2.40. The maximum atomic E-state index is 13.3. The van der Waals surface area contributed by atoms with Crippen molar-refractivity contribution in [2.45, 2.75) is 37.5 Å². The second-order valence-electron chi connectivity index (χ2n) is 7.14. The van der Waals surface area contributed by atoms with E-state index in [1.165, 1.54) is 12.1 Å². The van der Waals surface area contributed by atoms with Crippen LogP contribution < -0.4 is 14.8 Å². The van der Waals surface area contributed by atoms with E-state index in [2.05, 4.69) is 5.32 Å². The number of ether oxygens (including phenoxy) is 2. The molecule has 2 aromatic rings. The first-order valence-corrected chi connectivity index (χ1v) is 9.30. The lowest BCUT2D eigenvalue weighted by Crippen LogP contribution is -2.39. The highest BCUT2D eigenvalue weighted by atomic mass is 19.1. The molecule has 144 valence electrons. The Morgan fingerprint density at radius 3 is 2.33 bits per heavy atom. The van der Waals surface area contributed by atoms with Crippen LogP contribution in [0, 0.1) is 5.82 Å². The highest BCUT2D eigenvalue weighted by Gasteiger charge is 2.35. The van der Waals surface area contributed by atoms with Gasteiger partial charge in [0.25, 0.3) is 0 Å². The third-order valence-electron chi connectivity index (χ3n) is 5.45. The number of amides is 1. The normalized spacial score (nSPS) is 15.4. The van der Waals surface area contributed by atoms with Gasteiger partial charge in [-0.25, -0.2) is 4.39 Å². The molecule has 1 saturated carbocycles. The zero-order chi connectivity index (χ0) is 19.3. The van der Waals surface area contributed by atoms with E-state index in [4.69, 9.17) is 9.47 Å². The van der Waals surface area contributed by atoms with Crippen molar-refractivity contribution in [2.75, 3.05) is 20.8 Å². The molecule has 0 spiro atoms. The van der Waals surface area contributed by atoms with Crippen LogP contribution in [0.5, 0.6) is 11.5 Å². The van der Waals surface area contributed by atoms with E-state index in [0.717, 1.165) is 36.8 Å². The van der Waals surface area contributed by atoms with E-state index >= 15 is 0 Å². The molecule has 1 aliphatic carbocycles. The number of rotatable bonds is 7. The van der Waals surface area contributed by atoms with Crippen LogP contribution in [-0.2, 0) is 16.6 Å². The predicted octanol–water partition coefficient (Wildman–Crippen LogP) is 4.01. The second-order valence-corrected chi connectivity index (χ2v) is 7.14. The SMILES string of the molecule is COc1ccc(CC(=O)NCC2(c3ccc(F)cc3)CCCC2)cc1OC. The van der Waals surface area contributed by atoms with Crippen LogP contribution in [0.15, 0.2) is 42.5 Å². The van der Waals surface area contributed by atoms with E-state index in [-0.39, 0.29) is 23.6 Å². The lowest BCUT2D eigenvalue weighted by molar-refractivity contribution is -0.120. The minimum Gasteiger partial charge on any atom is -0.493 e. The van der Waals surface area contributed by atoms with E-state index in [1.54, 1.807) is 20.3 Å². The first-order valence-electron chi connectivity index (χ1n) is 9.30. The van der Waals surface area contributed by atoms with Crippen LogP contribution in [0.3, 0.4) is 0 Å². The molecule has 1 fully saturated rings. The lowest BCUT2D eigenvalue weighted by atomic mass is 9.78. The van der Waals surface area contributed by atoms with Gasteiger partial charge in [0.05, 0.1) is 20.6 Å². The predicted molar refractivity (Wildman–Crippen MR) is 103 cm³/mol. The Labute approximate surface area is 159 Å². The average Bonchev–Trinajstić information content (AvgIpc) is 3.17. The van der Waals surface area contributed by atoms with Crippen LogP contribution in [0.1, 0.15) is 36.8 Å². The molecule has 5 heteroatoms. The third kappa shape index (κ3) is 4.41. The zero-order valence-corrected chi connectivity index (χ0v) is 15.9. The highest BCUT2D eigenvalue weighted by molar-refractivity contribution is 5.79. The van der Waals surface area contributed by atoms with Crippen molar-refractivity contribution >= 4 is 5.91 Å². The first-order chi connectivity index (χ1) is 13.1. The molecule has 0 atom stereocenters. The molecule has 27 heavy (non-hydrogen) atoms. The number of carbonyl (C=O) groups is 1. The molecule has 1 aliphatic rings. The van der Waals surface area contributed by atoms with Gasteiger partial charge in [0.15, 0.2) is 11.5 Å². The minimum absolute atomic E-state index is 0.0318. The van der Waals surface area contributed by atoms with Crippen LogP contribution in [-0.4, -0.2) is 26.7 Å². The smallest absolute Gasteiger partial charge is 0.224 e. The minimum atomic E-state index is -0.232. The van der Waals surface area contributed by atoms with Crippen molar-refractivity contribution in [3.05, 3.63) is 59.4 Å². The van der Waals surface area contributed by atoms with Crippen molar-refractivity contribution in [1.29, 1.82) is 0 Å². The van der Waals surface area contributed by atoms with E-state index in [0.29, 0.717) is 18.0 Å². The van der Waals surface area contributed by atoms with E-state index < -0.39 is 0 Å². The average molecular weight is 371 g/mol. The molecule has 2 aromatic carbocycles. The number of methoxy groups -OCH3 is 2. The van der Waals surface area contributed by atoms with Crippen molar-refractivity contribution < 1.29 is 18.7 Å². The van der Waals surface area contributed by atoms with E-state index in [9.17, 15) is 9.18 Å². The van der Waals surface area contributed by atoms with E-state index in [1.807, 2.05) is 24.3 Å². The fourth-order valence-electron chi connectivity index (χ4n) is 3.93. The molecular weight excluding hydrogens is 345 g/mol. The van der Waals surface area contributed by atoms with Crippen LogP contribution in [0.25, 0.3) is 0 Å². The Balaban J connectivity index is 1.66. The van der Waals surface area contributed by atoms with Gasteiger partial charge in [0.1, 0.15) is 5.82 Å². The topological polar surface area (TPSA) is 47.6 Å². The zero-order valence-electron chi connectivity index (χ0n) is 15.9. The third-order valence-corrected chi connectivity index (χ3v) is 5.45. The number of benzene rings is 2. The fourth-order valence-corrected chi connectivity index (χ4v) is 3.93. The van der Waals surface area contributed by atoms with Crippen LogP contribution >= 0.6 is 0 Å². The summed E-state index contributed by atoms with van der Waals surface area (Å²) in [6.45, 7) is 0.574. The summed E-state index contributed by atoms with van der Waals surface area (Å²) in [5, 5.41) is 3.09. The lowest BCUT2D eigenvalue weighted by Gasteiger charge is -2.30. The van der Waals surface area contributed by atoms with Crippen LogP contribution in [0.2, 0.25) is 0 Å². The molecular formula is C22H26FNO3. The van der Waals surface area contributed by atoms with Gasteiger partial charge < -0.3 is 14.8 Å². The molecule has 1 amide bonds. The monoisotopic (exact) mass is 371 g/mol.